The van der Waals surface area contributed by atoms with Crippen molar-refractivity contribution in [3.63, 3.8) is 0 Å². The Morgan fingerprint density at radius 3 is 2.67 bits per heavy atom. The third-order valence-corrected chi connectivity index (χ3v) is 2.70. The van der Waals surface area contributed by atoms with Crippen molar-refractivity contribution in [2.45, 2.75) is 32.2 Å². The van der Waals surface area contributed by atoms with Crippen LogP contribution in [0, 0.1) is 0 Å². The van der Waals surface area contributed by atoms with Gasteiger partial charge >= 0.3 is 6.03 Å². The van der Waals surface area contributed by atoms with Crippen molar-refractivity contribution in [3.8, 4) is 0 Å². The van der Waals surface area contributed by atoms with Crippen molar-refractivity contribution in [2.75, 3.05) is 13.2 Å². The molecule has 0 saturated heterocycles. The van der Waals surface area contributed by atoms with Crippen molar-refractivity contribution in [3.05, 3.63) is 35.9 Å². The molecule has 0 heterocycles. The van der Waals surface area contributed by atoms with Gasteiger partial charge in [0.25, 0.3) is 0 Å². The lowest BCUT2D eigenvalue weighted by Gasteiger charge is -2.16. The zero-order valence-electron chi connectivity index (χ0n) is 10.9. The average molecular weight is 250 g/mol. The molecule has 4 heteroatoms. The van der Waals surface area contributed by atoms with Crippen LogP contribution in [0.25, 0.3) is 0 Å². The molecule has 100 valence electrons. The first kappa shape index (κ1) is 14.5. The normalized spacial score (nSPS) is 11.9. The molecule has 4 nitrogen and oxygen atoms in total. The van der Waals surface area contributed by atoms with Gasteiger partial charge in [-0.3, -0.25) is 0 Å². The summed E-state index contributed by atoms with van der Waals surface area (Å²) in [5.41, 5.74) is 1.10. The quantitative estimate of drug-likeness (QED) is 0.645. The largest absolute Gasteiger partial charge is 0.394 e. The molecule has 0 bridgehead atoms. The van der Waals surface area contributed by atoms with E-state index in [1.165, 1.54) is 0 Å². The van der Waals surface area contributed by atoms with Gasteiger partial charge < -0.3 is 15.7 Å². The second-order valence-electron chi connectivity index (χ2n) is 4.32. The number of hydrogen-bond donors (Lipinski definition) is 3. The summed E-state index contributed by atoms with van der Waals surface area (Å²) in [7, 11) is 0. The summed E-state index contributed by atoms with van der Waals surface area (Å²) in [6.45, 7) is 2.69. The minimum absolute atomic E-state index is 0.0594. The van der Waals surface area contributed by atoms with Gasteiger partial charge in [-0.2, -0.15) is 0 Å². The molecule has 0 fully saturated rings. The van der Waals surface area contributed by atoms with Crippen LogP contribution in [0.5, 0.6) is 0 Å². The van der Waals surface area contributed by atoms with Crippen LogP contribution < -0.4 is 10.6 Å². The van der Waals surface area contributed by atoms with Gasteiger partial charge in [0.05, 0.1) is 12.6 Å². The predicted molar refractivity (Wildman–Crippen MR) is 72.5 cm³/mol. The molecular formula is C14H22N2O2. The van der Waals surface area contributed by atoms with Crippen molar-refractivity contribution < 1.29 is 9.90 Å². The number of rotatable bonds is 7. The van der Waals surface area contributed by atoms with Gasteiger partial charge in [0.1, 0.15) is 0 Å². The standard InChI is InChI=1S/C14H22N2O2/c1-2-3-9-15-14(18)16-13(11-17)10-12-7-5-4-6-8-12/h4-8,13,17H,2-3,9-11H2,1H3,(H2,15,16,18)/t13-/m1/s1. The van der Waals surface area contributed by atoms with Crippen LogP contribution in [0.3, 0.4) is 0 Å². The Labute approximate surface area is 108 Å². The van der Waals surface area contributed by atoms with E-state index in [-0.39, 0.29) is 18.7 Å². The van der Waals surface area contributed by atoms with E-state index >= 15 is 0 Å². The first-order chi connectivity index (χ1) is 8.76. The minimum atomic E-state index is -0.242. The molecule has 0 unspecified atom stereocenters. The molecule has 2 amide bonds. The fourth-order valence-electron chi connectivity index (χ4n) is 1.67. The fourth-order valence-corrected chi connectivity index (χ4v) is 1.67. The number of hydrogen-bond acceptors (Lipinski definition) is 2. The van der Waals surface area contributed by atoms with E-state index in [1.54, 1.807) is 0 Å². The van der Waals surface area contributed by atoms with Crippen LogP contribution in [0.2, 0.25) is 0 Å². The fraction of sp³-hybridized carbons (Fsp3) is 0.500. The van der Waals surface area contributed by atoms with Gasteiger partial charge in [-0.05, 0) is 18.4 Å². The van der Waals surface area contributed by atoms with E-state index < -0.39 is 0 Å². The van der Waals surface area contributed by atoms with Crippen LogP contribution in [0.15, 0.2) is 30.3 Å². The Hall–Kier alpha value is -1.55. The molecule has 1 atom stereocenters. The summed E-state index contributed by atoms with van der Waals surface area (Å²) in [6.07, 6.45) is 2.65. The number of unbranched alkanes of at least 4 members (excludes halogenated alkanes) is 1. The zero-order chi connectivity index (χ0) is 13.2. The third kappa shape index (κ3) is 5.68. The number of aliphatic hydroxyl groups excluding tert-OH is 1. The lowest BCUT2D eigenvalue weighted by molar-refractivity contribution is 0.216. The Kier molecular flexibility index (Phi) is 6.87. The number of benzene rings is 1. The van der Waals surface area contributed by atoms with E-state index in [9.17, 15) is 9.90 Å². The van der Waals surface area contributed by atoms with Gasteiger partial charge in [-0.1, -0.05) is 43.7 Å². The molecule has 0 spiro atoms. The van der Waals surface area contributed by atoms with Crippen molar-refractivity contribution in [2.24, 2.45) is 0 Å². The molecule has 0 radical (unpaired) electrons. The predicted octanol–water partition coefficient (Wildman–Crippen LogP) is 1.69. The molecule has 0 aliphatic heterocycles. The number of carbonyl (C=O) groups excluding carboxylic acids is 1. The average Bonchev–Trinajstić information content (AvgIpc) is 2.39. The number of carbonyl (C=O) groups is 1. The molecule has 0 saturated carbocycles. The van der Waals surface area contributed by atoms with Crippen LogP contribution >= 0.6 is 0 Å². The number of amides is 2. The van der Waals surface area contributed by atoms with Gasteiger partial charge in [-0.25, -0.2) is 4.79 Å². The second kappa shape index (κ2) is 8.53. The van der Waals surface area contributed by atoms with E-state index in [0.717, 1.165) is 18.4 Å². The lowest BCUT2D eigenvalue weighted by Crippen LogP contribution is -2.45. The van der Waals surface area contributed by atoms with Crippen LogP contribution in [0.1, 0.15) is 25.3 Å². The van der Waals surface area contributed by atoms with Crippen LogP contribution in [0.4, 0.5) is 4.79 Å². The molecule has 0 aromatic heterocycles. The highest BCUT2D eigenvalue weighted by atomic mass is 16.3. The Morgan fingerprint density at radius 1 is 1.33 bits per heavy atom. The summed E-state index contributed by atoms with van der Waals surface area (Å²) in [5, 5.41) is 14.8. The highest BCUT2D eigenvalue weighted by Crippen LogP contribution is 2.02. The molecule has 18 heavy (non-hydrogen) atoms. The summed E-state index contributed by atoms with van der Waals surface area (Å²) in [4.78, 5) is 11.5. The van der Waals surface area contributed by atoms with Crippen molar-refractivity contribution >= 4 is 6.03 Å². The van der Waals surface area contributed by atoms with Crippen LogP contribution in [-0.4, -0.2) is 30.3 Å². The first-order valence-electron chi connectivity index (χ1n) is 6.45. The lowest BCUT2D eigenvalue weighted by atomic mass is 10.1. The molecule has 0 aliphatic rings. The Balaban J connectivity index is 2.35. The molecule has 1 aromatic rings. The SMILES string of the molecule is CCCCNC(=O)N[C@@H](CO)Cc1ccccc1. The number of urea groups is 1. The second-order valence-corrected chi connectivity index (χ2v) is 4.32. The maximum atomic E-state index is 11.5. The minimum Gasteiger partial charge on any atom is -0.394 e. The summed E-state index contributed by atoms with van der Waals surface area (Å²) in [5.74, 6) is 0. The topological polar surface area (TPSA) is 61.4 Å². The summed E-state index contributed by atoms with van der Waals surface area (Å²) < 4.78 is 0. The van der Waals surface area contributed by atoms with E-state index in [2.05, 4.69) is 17.6 Å². The summed E-state index contributed by atoms with van der Waals surface area (Å²) >= 11 is 0. The van der Waals surface area contributed by atoms with E-state index in [0.29, 0.717) is 13.0 Å². The van der Waals surface area contributed by atoms with Gasteiger partial charge in [0.15, 0.2) is 0 Å². The molecule has 1 aromatic carbocycles. The monoisotopic (exact) mass is 250 g/mol. The molecule has 3 N–H and O–H groups in total. The third-order valence-electron chi connectivity index (χ3n) is 2.70. The van der Waals surface area contributed by atoms with E-state index in [1.807, 2.05) is 30.3 Å². The highest BCUT2D eigenvalue weighted by molar-refractivity contribution is 5.74. The molecule has 1 rings (SSSR count). The van der Waals surface area contributed by atoms with Gasteiger partial charge in [0, 0.05) is 6.54 Å². The Morgan fingerprint density at radius 2 is 2.06 bits per heavy atom. The van der Waals surface area contributed by atoms with Crippen LogP contribution in [-0.2, 0) is 6.42 Å². The smallest absolute Gasteiger partial charge is 0.315 e. The first-order valence-corrected chi connectivity index (χ1v) is 6.45. The Bertz CT molecular complexity index is 341. The van der Waals surface area contributed by atoms with Crippen molar-refractivity contribution in [1.29, 1.82) is 0 Å². The van der Waals surface area contributed by atoms with E-state index in [4.69, 9.17) is 0 Å². The maximum absolute atomic E-state index is 11.5. The molecular weight excluding hydrogens is 228 g/mol. The zero-order valence-corrected chi connectivity index (χ0v) is 10.9. The maximum Gasteiger partial charge on any atom is 0.315 e. The van der Waals surface area contributed by atoms with Gasteiger partial charge in [-0.15, -0.1) is 0 Å². The number of aliphatic hydroxyl groups is 1. The van der Waals surface area contributed by atoms with Gasteiger partial charge in [0.2, 0.25) is 0 Å². The number of nitrogens with one attached hydrogen (secondary N) is 2. The highest BCUT2D eigenvalue weighted by Gasteiger charge is 2.11. The summed E-state index contributed by atoms with van der Waals surface area (Å²) in [6, 6.07) is 9.37. The molecule has 0 aliphatic carbocycles. The van der Waals surface area contributed by atoms with Crippen molar-refractivity contribution in [1.82, 2.24) is 10.6 Å².